The normalized spacial score (nSPS) is 20.4. The highest BCUT2D eigenvalue weighted by atomic mass is 16.2. The Balaban J connectivity index is 3.20. The van der Waals surface area contributed by atoms with Gasteiger partial charge in [0.2, 0.25) is 11.8 Å². The van der Waals surface area contributed by atoms with Gasteiger partial charge in [-0.25, -0.2) is 4.79 Å². The van der Waals surface area contributed by atoms with Gasteiger partial charge < -0.3 is 0 Å². The van der Waals surface area contributed by atoms with Crippen molar-refractivity contribution in [2.24, 2.45) is 5.41 Å². The molecule has 0 spiro atoms. The Morgan fingerprint density at radius 1 is 1.19 bits per heavy atom. The standard InChI is InChI=1S/C11H16N2O3/c1-4-6-7(3)11(5-2)8(14)12-10(16)13-9(11)15/h6H,4-5H2,1-3H3,(H2,12,13,14,15,16). The zero-order valence-electron chi connectivity index (χ0n) is 9.72. The van der Waals surface area contributed by atoms with Crippen molar-refractivity contribution >= 4 is 17.8 Å². The van der Waals surface area contributed by atoms with Gasteiger partial charge >= 0.3 is 6.03 Å². The molecule has 0 radical (unpaired) electrons. The molecule has 1 aliphatic heterocycles. The van der Waals surface area contributed by atoms with E-state index in [-0.39, 0.29) is 0 Å². The van der Waals surface area contributed by atoms with Gasteiger partial charge in [-0.2, -0.15) is 0 Å². The van der Waals surface area contributed by atoms with E-state index in [1.54, 1.807) is 13.8 Å². The summed E-state index contributed by atoms with van der Waals surface area (Å²) < 4.78 is 0. The number of urea groups is 1. The summed E-state index contributed by atoms with van der Waals surface area (Å²) >= 11 is 0. The van der Waals surface area contributed by atoms with Gasteiger partial charge in [0.15, 0.2) is 0 Å². The molecule has 88 valence electrons. The van der Waals surface area contributed by atoms with Crippen LogP contribution in [0.4, 0.5) is 4.79 Å². The lowest BCUT2D eigenvalue weighted by Crippen LogP contribution is -2.62. The van der Waals surface area contributed by atoms with Crippen molar-refractivity contribution in [1.29, 1.82) is 0 Å². The maximum absolute atomic E-state index is 11.9. The summed E-state index contributed by atoms with van der Waals surface area (Å²) in [6, 6.07) is -0.747. The highest BCUT2D eigenvalue weighted by Crippen LogP contribution is 2.33. The minimum Gasteiger partial charge on any atom is -0.277 e. The minimum atomic E-state index is -1.23. The third kappa shape index (κ3) is 1.73. The van der Waals surface area contributed by atoms with Crippen LogP contribution in [0.15, 0.2) is 11.6 Å². The van der Waals surface area contributed by atoms with E-state index in [4.69, 9.17) is 0 Å². The molecule has 5 nitrogen and oxygen atoms in total. The molecule has 0 saturated carbocycles. The summed E-state index contributed by atoms with van der Waals surface area (Å²) in [6.07, 6.45) is 2.90. The van der Waals surface area contributed by atoms with Gasteiger partial charge in [0.05, 0.1) is 0 Å². The molecule has 4 amide bonds. The Morgan fingerprint density at radius 3 is 2.06 bits per heavy atom. The van der Waals surface area contributed by atoms with Crippen molar-refractivity contribution in [2.45, 2.75) is 33.6 Å². The van der Waals surface area contributed by atoms with Crippen LogP contribution in [0.25, 0.3) is 0 Å². The largest absolute Gasteiger partial charge is 0.328 e. The molecule has 0 aliphatic carbocycles. The lowest BCUT2D eigenvalue weighted by atomic mass is 9.75. The Labute approximate surface area is 94.3 Å². The van der Waals surface area contributed by atoms with Crippen LogP contribution in [0.1, 0.15) is 33.6 Å². The summed E-state index contributed by atoms with van der Waals surface area (Å²) in [5, 5.41) is 4.28. The van der Waals surface area contributed by atoms with Crippen LogP contribution in [0.5, 0.6) is 0 Å². The van der Waals surface area contributed by atoms with E-state index in [1.165, 1.54) is 0 Å². The van der Waals surface area contributed by atoms with Gasteiger partial charge in [-0.3, -0.25) is 20.2 Å². The minimum absolute atomic E-state index is 0.334. The number of hydrogen-bond acceptors (Lipinski definition) is 3. The van der Waals surface area contributed by atoms with E-state index in [2.05, 4.69) is 10.6 Å². The smallest absolute Gasteiger partial charge is 0.277 e. The number of carbonyl (C=O) groups is 3. The predicted molar refractivity (Wildman–Crippen MR) is 58.5 cm³/mol. The number of barbiturate groups is 1. The molecule has 0 atom stereocenters. The third-order valence-corrected chi connectivity index (χ3v) is 2.94. The van der Waals surface area contributed by atoms with E-state index in [9.17, 15) is 14.4 Å². The average Bonchev–Trinajstić information content (AvgIpc) is 2.18. The van der Waals surface area contributed by atoms with E-state index in [0.29, 0.717) is 12.0 Å². The zero-order valence-corrected chi connectivity index (χ0v) is 9.72. The van der Waals surface area contributed by atoms with E-state index < -0.39 is 23.3 Å². The maximum Gasteiger partial charge on any atom is 0.328 e. The summed E-state index contributed by atoms with van der Waals surface area (Å²) in [4.78, 5) is 34.7. The molecular weight excluding hydrogens is 208 g/mol. The number of rotatable bonds is 3. The number of imide groups is 2. The highest BCUT2D eigenvalue weighted by Gasteiger charge is 2.49. The molecule has 0 aromatic rings. The molecule has 16 heavy (non-hydrogen) atoms. The van der Waals surface area contributed by atoms with Crippen molar-refractivity contribution in [1.82, 2.24) is 10.6 Å². The Kier molecular flexibility index (Phi) is 3.47. The second-order valence-electron chi connectivity index (χ2n) is 3.79. The van der Waals surface area contributed by atoms with Gasteiger partial charge in [0, 0.05) is 0 Å². The van der Waals surface area contributed by atoms with Crippen molar-refractivity contribution in [3.8, 4) is 0 Å². The quantitative estimate of drug-likeness (QED) is 0.557. The molecule has 2 N–H and O–H groups in total. The number of amides is 4. The fourth-order valence-corrected chi connectivity index (χ4v) is 1.99. The number of carbonyl (C=O) groups excluding carboxylic acids is 3. The van der Waals surface area contributed by atoms with Gasteiger partial charge in [-0.15, -0.1) is 0 Å². The molecule has 5 heteroatoms. The number of hydrogen-bond donors (Lipinski definition) is 2. The number of nitrogens with one attached hydrogen (secondary N) is 2. The lowest BCUT2D eigenvalue weighted by Gasteiger charge is -2.33. The lowest BCUT2D eigenvalue weighted by molar-refractivity contribution is -0.141. The van der Waals surface area contributed by atoms with Crippen LogP contribution in [-0.4, -0.2) is 17.8 Å². The molecule has 1 aliphatic rings. The van der Waals surface area contributed by atoms with E-state index >= 15 is 0 Å². The van der Waals surface area contributed by atoms with Crippen LogP contribution in [-0.2, 0) is 9.59 Å². The van der Waals surface area contributed by atoms with E-state index in [1.807, 2.05) is 13.0 Å². The van der Waals surface area contributed by atoms with E-state index in [0.717, 1.165) is 6.42 Å². The van der Waals surface area contributed by atoms with Crippen LogP contribution in [0, 0.1) is 5.41 Å². The first-order valence-corrected chi connectivity index (χ1v) is 5.33. The summed E-state index contributed by atoms with van der Waals surface area (Å²) in [6.45, 7) is 5.42. The van der Waals surface area contributed by atoms with Crippen LogP contribution in [0.3, 0.4) is 0 Å². The molecule has 0 aromatic carbocycles. The molecule has 0 aromatic heterocycles. The first-order chi connectivity index (χ1) is 7.48. The molecule has 0 unspecified atom stereocenters. The first-order valence-electron chi connectivity index (χ1n) is 5.33. The first kappa shape index (κ1) is 12.4. The van der Waals surface area contributed by atoms with Crippen LogP contribution in [0.2, 0.25) is 0 Å². The molecule has 0 bridgehead atoms. The maximum atomic E-state index is 11.9. The molecule has 1 rings (SSSR count). The summed E-state index contributed by atoms with van der Waals surface area (Å²) in [5.41, 5.74) is -0.552. The van der Waals surface area contributed by atoms with Crippen molar-refractivity contribution < 1.29 is 14.4 Å². The molecule has 1 heterocycles. The molecule has 1 saturated heterocycles. The Bertz CT molecular complexity index is 351. The second kappa shape index (κ2) is 4.47. The van der Waals surface area contributed by atoms with Gasteiger partial charge in [0.25, 0.3) is 0 Å². The fraction of sp³-hybridized carbons (Fsp3) is 0.545. The third-order valence-electron chi connectivity index (χ3n) is 2.94. The van der Waals surface area contributed by atoms with Gasteiger partial charge in [-0.05, 0) is 19.8 Å². The zero-order chi connectivity index (χ0) is 12.3. The van der Waals surface area contributed by atoms with Gasteiger partial charge in [-0.1, -0.05) is 25.5 Å². The highest BCUT2D eigenvalue weighted by molar-refractivity contribution is 6.20. The van der Waals surface area contributed by atoms with Crippen LogP contribution >= 0.6 is 0 Å². The van der Waals surface area contributed by atoms with Crippen molar-refractivity contribution in [3.63, 3.8) is 0 Å². The monoisotopic (exact) mass is 224 g/mol. The molecule has 1 fully saturated rings. The van der Waals surface area contributed by atoms with Crippen LogP contribution < -0.4 is 10.6 Å². The average molecular weight is 224 g/mol. The van der Waals surface area contributed by atoms with Gasteiger partial charge in [0.1, 0.15) is 5.41 Å². The Hall–Kier alpha value is -1.65. The Morgan fingerprint density at radius 2 is 1.69 bits per heavy atom. The number of allylic oxidation sites excluding steroid dienone is 1. The topological polar surface area (TPSA) is 75.3 Å². The summed E-state index contributed by atoms with van der Waals surface area (Å²) in [5.74, 6) is -1.07. The predicted octanol–water partition coefficient (Wildman–Crippen LogP) is 1.11. The fourth-order valence-electron chi connectivity index (χ4n) is 1.99. The summed E-state index contributed by atoms with van der Waals surface area (Å²) in [7, 11) is 0. The second-order valence-corrected chi connectivity index (χ2v) is 3.79. The SMILES string of the molecule is CCC=C(C)C1(CC)C(=O)NC(=O)NC1=O. The molecular formula is C11H16N2O3. The van der Waals surface area contributed by atoms with Crippen molar-refractivity contribution in [2.75, 3.05) is 0 Å². The van der Waals surface area contributed by atoms with Crippen molar-refractivity contribution in [3.05, 3.63) is 11.6 Å².